The molecule has 0 unspecified atom stereocenters. The zero-order valence-electron chi connectivity index (χ0n) is 9.54. The van der Waals surface area contributed by atoms with E-state index in [9.17, 15) is 13.2 Å². The number of hydrogen-bond donors (Lipinski definition) is 0. The maximum Gasteiger partial charge on any atom is 0.435 e. The molecule has 2 aromatic heterocycles. The number of alkyl halides is 4. The van der Waals surface area contributed by atoms with Crippen molar-refractivity contribution in [2.24, 2.45) is 0 Å². The van der Waals surface area contributed by atoms with E-state index in [-0.39, 0.29) is 16.5 Å². The summed E-state index contributed by atoms with van der Waals surface area (Å²) in [5.74, 6) is -0.239. The smallest absolute Gasteiger partial charge is 0.242 e. The summed E-state index contributed by atoms with van der Waals surface area (Å²) < 4.78 is 39.3. The Morgan fingerprint density at radius 2 is 2.00 bits per heavy atom. The molecule has 0 fully saturated rings. The minimum absolute atomic E-state index is 0.152. The SMILES string of the molecule is Cc1cc(-n2nc(C(F)(F)F)c(CCl)c2Cl)ncn1. The Balaban J connectivity index is 2.63. The molecule has 0 bridgehead atoms. The van der Waals surface area contributed by atoms with Crippen LogP contribution in [0.4, 0.5) is 13.2 Å². The Morgan fingerprint density at radius 1 is 1.32 bits per heavy atom. The van der Waals surface area contributed by atoms with E-state index in [2.05, 4.69) is 15.1 Å². The average molecular weight is 311 g/mol. The van der Waals surface area contributed by atoms with E-state index in [4.69, 9.17) is 23.2 Å². The second-order valence-electron chi connectivity index (χ2n) is 3.68. The van der Waals surface area contributed by atoms with Gasteiger partial charge in [-0.25, -0.2) is 14.6 Å². The van der Waals surface area contributed by atoms with Crippen LogP contribution in [0.5, 0.6) is 0 Å². The first-order valence-electron chi connectivity index (χ1n) is 5.04. The number of nitrogens with zero attached hydrogens (tertiary/aromatic N) is 4. The molecule has 0 N–H and O–H groups in total. The van der Waals surface area contributed by atoms with E-state index >= 15 is 0 Å². The molecule has 2 heterocycles. The van der Waals surface area contributed by atoms with Crippen molar-refractivity contribution in [2.75, 3.05) is 0 Å². The third-order valence-electron chi connectivity index (χ3n) is 2.33. The highest BCUT2D eigenvalue weighted by atomic mass is 35.5. The number of halogens is 5. The predicted molar refractivity (Wildman–Crippen MR) is 63.5 cm³/mol. The lowest BCUT2D eigenvalue weighted by atomic mass is 10.3. The van der Waals surface area contributed by atoms with Gasteiger partial charge in [-0.15, -0.1) is 11.6 Å². The van der Waals surface area contributed by atoms with Crippen molar-refractivity contribution in [3.63, 3.8) is 0 Å². The molecule has 2 rings (SSSR count). The van der Waals surface area contributed by atoms with Gasteiger partial charge >= 0.3 is 6.18 Å². The average Bonchev–Trinajstić information content (AvgIpc) is 2.66. The van der Waals surface area contributed by atoms with E-state index in [0.717, 1.165) is 4.68 Å². The zero-order chi connectivity index (χ0) is 14.2. The first kappa shape index (κ1) is 14.1. The van der Waals surface area contributed by atoms with Gasteiger partial charge in [-0.2, -0.15) is 18.3 Å². The van der Waals surface area contributed by atoms with E-state index < -0.39 is 17.8 Å². The van der Waals surface area contributed by atoms with Crippen molar-refractivity contribution < 1.29 is 13.2 Å². The first-order valence-corrected chi connectivity index (χ1v) is 5.95. The molecular formula is C10H7Cl2F3N4. The molecular weight excluding hydrogens is 304 g/mol. The molecule has 102 valence electrons. The third-order valence-corrected chi connectivity index (χ3v) is 2.98. The van der Waals surface area contributed by atoms with Crippen LogP contribution in [0.15, 0.2) is 12.4 Å². The second kappa shape index (κ2) is 4.97. The fourth-order valence-corrected chi connectivity index (χ4v) is 2.09. The van der Waals surface area contributed by atoms with Crippen LogP contribution in [0.1, 0.15) is 17.0 Å². The van der Waals surface area contributed by atoms with Gasteiger partial charge in [0.15, 0.2) is 11.5 Å². The van der Waals surface area contributed by atoms with E-state index in [0.29, 0.717) is 5.69 Å². The lowest BCUT2D eigenvalue weighted by molar-refractivity contribution is -0.141. The Bertz CT molecular complexity index is 609. The standard InChI is InChI=1S/C10H7Cl2F3N4/c1-5-2-7(17-4-16-5)19-9(12)6(3-11)8(18-19)10(13,14)15/h2,4H,3H2,1H3. The van der Waals surface area contributed by atoms with Gasteiger partial charge in [0.05, 0.1) is 5.88 Å². The van der Waals surface area contributed by atoms with Gasteiger partial charge in [0.1, 0.15) is 11.5 Å². The maximum absolute atomic E-state index is 12.8. The fourth-order valence-electron chi connectivity index (χ4n) is 1.48. The molecule has 0 saturated heterocycles. The van der Waals surface area contributed by atoms with Crippen LogP contribution in [-0.2, 0) is 12.1 Å². The molecule has 0 aliphatic rings. The lowest BCUT2D eigenvalue weighted by Crippen LogP contribution is -2.09. The Labute approximate surface area is 116 Å². The monoisotopic (exact) mass is 310 g/mol. The summed E-state index contributed by atoms with van der Waals surface area (Å²) in [6.07, 6.45) is -3.41. The van der Waals surface area contributed by atoms with Crippen molar-refractivity contribution >= 4 is 23.2 Å². The molecule has 0 aromatic carbocycles. The van der Waals surface area contributed by atoms with Crippen LogP contribution >= 0.6 is 23.2 Å². The molecule has 0 aliphatic carbocycles. The largest absolute Gasteiger partial charge is 0.435 e. The molecule has 0 spiro atoms. The highest BCUT2D eigenvalue weighted by Gasteiger charge is 2.39. The Morgan fingerprint density at radius 3 is 2.47 bits per heavy atom. The highest BCUT2D eigenvalue weighted by Crippen LogP contribution is 2.36. The van der Waals surface area contributed by atoms with Gasteiger partial charge in [-0.05, 0) is 6.92 Å². The van der Waals surface area contributed by atoms with Gasteiger partial charge in [0.25, 0.3) is 0 Å². The minimum Gasteiger partial charge on any atom is -0.242 e. The van der Waals surface area contributed by atoms with Gasteiger partial charge in [-0.1, -0.05) is 11.6 Å². The van der Waals surface area contributed by atoms with Crippen molar-refractivity contribution in [3.05, 3.63) is 34.5 Å². The summed E-state index contributed by atoms with van der Waals surface area (Å²) in [6, 6.07) is 1.47. The summed E-state index contributed by atoms with van der Waals surface area (Å²) in [7, 11) is 0. The quantitative estimate of drug-likeness (QED) is 0.799. The van der Waals surface area contributed by atoms with E-state index in [1.807, 2.05) is 0 Å². The molecule has 19 heavy (non-hydrogen) atoms. The number of aromatic nitrogens is 4. The molecule has 0 aliphatic heterocycles. The van der Waals surface area contributed by atoms with Crippen molar-refractivity contribution in [2.45, 2.75) is 19.0 Å². The topological polar surface area (TPSA) is 43.6 Å². The Kier molecular flexibility index (Phi) is 3.69. The van der Waals surface area contributed by atoms with E-state index in [1.54, 1.807) is 6.92 Å². The molecule has 0 atom stereocenters. The van der Waals surface area contributed by atoms with Crippen molar-refractivity contribution in [1.82, 2.24) is 19.7 Å². The summed E-state index contributed by atoms with van der Waals surface area (Å²) in [5, 5.41) is 3.24. The maximum atomic E-state index is 12.8. The molecule has 0 saturated carbocycles. The number of hydrogen-bond acceptors (Lipinski definition) is 3. The number of aryl methyl sites for hydroxylation is 1. The van der Waals surface area contributed by atoms with Gasteiger partial charge < -0.3 is 0 Å². The number of rotatable bonds is 2. The normalized spacial score (nSPS) is 11.9. The van der Waals surface area contributed by atoms with Crippen LogP contribution < -0.4 is 0 Å². The van der Waals surface area contributed by atoms with Crippen LogP contribution in [0, 0.1) is 6.92 Å². The predicted octanol–water partition coefficient (Wildman–Crippen LogP) is 3.38. The van der Waals surface area contributed by atoms with Gasteiger partial charge in [-0.3, -0.25) is 0 Å². The van der Waals surface area contributed by atoms with Crippen molar-refractivity contribution in [3.8, 4) is 5.82 Å². The van der Waals surface area contributed by atoms with Crippen LogP contribution in [0.25, 0.3) is 5.82 Å². The van der Waals surface area contributed by atoms with Gasteiger partial charge in [0.2, 0.25) is 0 Å². The summed E-state index contributed by atoms with van der Waals surface area (Å²) >= 11 is 11.4. The van der Waals surface area contributed by atoms with Crippen LogP contribution in [0.2, 0.25) is 5.15 Å². The second-order valence-corrected chi connectivity index (χ2v) is 4.30. The zero-order valence-corrected chi connectivity index (χ0v) is 11.1. The molecule has 4 nitrogen and oxygen atoms in total. The van der Waals surface area contributed by atoms with Gasteiger partial charge in [0, 0.05) is 17.3 Å². The van der Waals surface area contributed by atoms with Crippen LogP contribution in [0.3, 0.4) is 0 Å². The molecule has 9 heteroatoms. The molecule has 2 aromatic rings. The Hall–Kier alpha value is -1.34. The summed E-state index contributed by atoms with van der Waals surface area (Å²) in [5.41, 5.74) is -0.798. The minimum atomic E-state index is -4.62. The molecule has 0 amide bonds. The van der Waals surface area contributed by atoms with Crippen molar-refractivity contribution in [1.29, 1.82) is 0 Å². The van der Waals surface area contributed by atoms with E-state index in [1.165, 1.54) is 12.4 Å². The van der Waals surface area contributed by atoms with Crippen LogP contribution in [-0.4, -0.2) is 19.7 Å². The highest BCUT2D eigenvalue weighted by molar-refractivity contribution is 6.31. The molecule has 0 radical (unpaired) electrons. The summed E-state index contributed by atoms with van der Waals surface area (Å²) in [4.78, 5) is 7.69. The summed E-state index contributed by atoms with van der Waals surface area (Å²) in [6.45, 7) is 1.68. The fraction of sp³-hybridized carbons (Fsp3) is 0.300. The third kappa shape index (κ3) is 2.66. The first-order chi connectivity index (χ1) is 8.84. The lowest BCUT2D eigenvalue weighted by Gasteiger charge is -2.03.